The first-order valence-corrected chi connectivity index (χ1v) is 8.01. The Morgan fingerprint density at radius 1 is 1.25 bits per heavy atom. The molecule has 0 bridgehead atoms. The predicted molar refractivity (Wildman–Crippen MR) is 97.2 cm³/mol. The molecule has 2 heterocycles. The Labute approximate surface area is 149 Å². The van der Waals surface area contributed by atoms with Crippen molar-refractivity contribution in [2.45, 2.75) is 6.54 Å². The van der Waals surface area contributed by atoms with E-state index in [1.54, 1.807) is 18.2 Å². The van der Waals surface area contributed by atoms with Crippen LogP contribution in [0.2, 0.25) is 0 Å². The highest BCUT2D eigenvalue weighted by molar-refractivity contribution is 14.1. The smallest absolute Gasteiger partial charge is 0.331 e. The van der Waals surface area contributed by atoms with Gasteiger partial charge in [0.25, 0.3) is 5.56 Å². The monoisotopic (exact) mass is 437 g/mol. The van der Waals surface area contributed by atoms with Crippen molar-refractivity contribution in [3.05, 3.63) is 78.4 Å². The maximum Gasteiger partial charge on any atom is 0.331 e. The largest absolute Gasteiger partial charge is 0.494 e. The zero-order chi connectivity index (χ0) is 17.1. The first kappa shape index (κ1) is 16.2. The van der Waals surface area contributed by atoms with Gasteiger partial charge in [-0.05, 0) is 46.9 Å². The first-order valence-electron chi connectivity index (χ1n) is 6.93. The van der Waals surface area contributed by atoms with Gasteiger partial charge in [-0.25, -0.2) is 4.79 Å². The SMILES string of the molecule is O=c1[nH]c(=O)n(Cc2ccco2)c(O)c1C=Nc1ccccc1I. The summed E-state index contributed by atoms with van der Waals surface area (Å²) in [6, 6.07) is 10.7. The van der Waals surface area contributed by atoms with Crippen molar-refractivity contribution in [2.24, 2.45) is 4.99 Å². The van der Waals surface area contributed by atoms with Crippen LogP contribution >= 0.6 is 22.6 Å². The quantitative estimate of drug-likeness (QED) is 0.483. The molecule has 0 fully saturated rings. The molecular formula is C16H12IN3O4. The summed E-state index contributed by atoms with van der Waals surface area (Å²) in [7, 11) is 0. The number of hydrogen-bond donors (Lipinski definition) is 2. The van der Waals surface area contributed by atoms with E-state index >= 15 is 0 Å². The molecule has 0 atom stereocenters. The van der Waals surface area contributed by atoms with Gasteiger partial charge < -0.3 is 9.52 Å². The molecule has 0 saturated heterocycles. The molecule has 2 aromatic heterocycles. The molecule has 0 aliphatic rings. The number of benzene rings is 1. The van der Waals surface area contributed by atoms with E-state index in [2.05, 4.69) is 32.6 Å². The van der Waals surface area contributed by atoms with E-state index in [1.165, 1.54) is 12.5 Å². The van der Waals surface area contributed by atoms with Gasteiger partial charge in [-0.15, -0.1) is 0 Å². The van der Waals surface area contributed by atoms with Crippen LogP contribution in [0.15, 0.2) is 61.7 Å². The average molecular weight is 437 g/mol. The van der Waals surface area contributed by atoms with Crippen molar-refractivity contribution in [1.82, 2.24) is 9.55 Å². The molecule has 1 aromatic carbocycles. The van der Waals surface area contributed by atoms with Crippen LogP contribution in [0, 0.1) is 3.57 Å². The lowest BCUT2D eigenvalue weighted by Crippen LogP contribution is -2.32. The number of para-hydroxylation sites is 1. The molecule has 0 aliphatic carbocycles. The van der Waals surface area contributed by atoms with E-state index in [1.807, 2.05) is 18.2 Å². The summed E-state index contributed by atoms with van der Waals surface area (Å²) < 4.78 is 7.07. The van der Waals surface area contributed by atoms with Gasteiger partial charge in [0.15, 0.2) is 0 Å². The molecule has 0 spiro atoms. The lowest BCUT2D eigenvalue weighted by atomic mass is 10.3. The van der Waals surface area contributed by atoms with Gasteiger partial charge in [-0.3, -0.25) is 19.3 Å². The summed E-state index contributed by atoms with van der Waals surface area (Å²) in [5.74, 6) is 0.00906. The Morgan fingerprint density at radius 2 is 2.04 bits per heavy atom. The number of hydrogen-bond acceptors (Lipinski definition) is 5. The summed E-state index contributed by atoms with van der Waals surface area (Å²) >= 11 is 2.12. The molecular weight excluding hydrogens is 425 g/mol. The first-order chi connectivity index (χ1) is 11.6. The molecule has 0 radical (unpaired) electrons. The summed E-state index contributed by atoms with van der Waals surface area (Å²) in [5.41, 5.74) is -0.871. The number of aliphatic imine (C=N–C) groups is 1. The lowest BCUT2D eigenvalue weighted by Gasteiger charge is -2.07. The fraction of sp³-hybridized carbons (Fsp3) is 0.0625. The van der Waals surface area contributed by atoms with Gasteiger partial charge in [0.2, 0.25) is 5.88 Å². The van der Waals surface area contributed by atoms with Crippen molar-refractivity contribution in [3.63, 3.8) is 0 Å². The number of furan rings is 1. The molecule has 24 heavy (non-hydrogen) atoms. The van der Waals surface area contributed by atoms with Crippen LogP contribution in [0.1, 0.15) is 11.3 Å². The van der Waals surface area contributed by atoms with Crippen LogP contribution < -0.4 is 11.2 Å². The number of aromatic nitrogens is 2. The second-order valence-corrected chi connectivity index (χ2v) is 6.03. The van der Waals surface area contributed by atoms with E-state index in [0.29, 0.717) is 11.4 Å². The average Bonchev–Trinajstić information content (AvgIpc) is 3.06. The zero-order valence-corrected chi connectivity index (χ0v) is 14.4. The highest BCUT2D eigenvalue weighted by atomic mass is 127. The van der Waals surface area contributed by atoms with E-state index in [-0.39, 0.29) is 12.1 Å². The van der Waals surface area contributed by atoms with Gasteiger partial charge in [-0.2, -0.15) is 0 Å². The minimum Gasteiger partial charge on any atom is -0.494 e. The molecule has 0 amide bonds. The molecule has 0 saturated carbocycles. The van der Waals surface area contributed by atoms with Gasteiger partial charge in [0.1, 0.15) is 11.3 Å². The van der Waals surface area contributed by atoms with Gasteiger partial charge in [0.05, 0.1) is 18.5 Å². The highest BCUT2D eigenvalue weighted by Gasteiger charge is 2.14. The minimum absolute atomic E-state index is 0.00183. The fourth-order valence-electron chi connectivity index (χ4n) is 2.09. The summed E-state index contributed by atoms with van der Waals surface area (Å²) in [6.07, 6.45) is 2.70. The van der Waals surface area contributed by atoms with E-state index in [9.17, 15) is 14.7 Å². The summed E-state index contributed by atoms with van der Waals surface area (Å²) in [5, 5.41) is 10.3. The Morgan fingerprint density at radius 3 is 2.75 bits per heavy atom. The second-order valence-electron chi connectivity index (χ2n) is 4.87. The third-order valence-corrected chi connectivity index (χ3v) is 4.20. The number of aromatic amines is 1. The number of halogens is 1. The lowest BCUT2D eigenvalue weighted by molar-refractivity contribution is 0.392. The van der Waals surface area contributed by atoms with Gasteiger partial charge in [0, 0.05) is 9.78 Å². The van der Waals surface area contributed by atoms with Crippen LogP contribution in [0.5, 0.6) is 5.88 Å². The molecule has 7 nitrogen and oxygen atoms in total. The molecule has 122 valence electrons. The van der Waals surface area contributed by atoms with Crippen molar-refractivity contribution in [2.75, 3.05) is 0 Å². The van der Waals surface area contributed by atoms with E-state index in [0.717, 1.165) is 8.14 Å². The van der Waals surface area contributed by atoms with Crippen LogP contribution in [0.4, 0.5) is 5.69 Å². The number of H-pyrrole nitrogens is 1. The zero-order valence-electron chi connectivity index (χ0n) is 12.3. The fourth-order valence-corrected chi connectivity index (χ4v) is 2.61. The van der Waals surface area contributed by atoms with Gasteiger partial charge in [-0.1, -0.05) is 12.1 Å². The second kappa shape index (κ2) is 6.87. The summed E-state index contributed by atoms with van der Waals surface area (Å²) in [6.45, 7) is -0.00183. The Kier molecular flexibility index (Phi) is 4.65. The van der Waals surface area contributed by atoms with Crippen LogP contribution in [-0.4, -0.2) is 20.9 Å². The molecule has 0 aliphatic heterocycles. The molecule has 2 N–H and O–H groups in total. The maximum atomic E-state index is 12.0. The number of nitrogens with one attached hydrogen (secondary N) is 1. The van der Waals surface area contributed by atoms with Gasteiger partial charge >= 0.3 is 5.69 Å². The predicted octanol–water partition coefficient (Wildman–Crippen LogP) is 2.24. The number of rotatable bonds is 4. The van der Waals surface area contributed by atoms with E-state index < -0.39 is 17.1 Å². The Bertz CT molecular complexity index is 1000. The van der Waals surface area contributed by atoms with Crippen LogP contribution in [-0.2, 0) is 6.54 Å². The standard InChI is InChI=1S/C16H12IN3O4/c17-12-5-1-2-6-13(12)18-8-11-14(21)19-16(23)20(15(11)22)9-10-4-3-7-24-10/h1-8,22H,9H2,(H,19,21,23). The van der Waals surface area contributed by atoms with Crippen molar-refractivity contribution in [3.8, 4) is 5.88 Å². The molecule has 3 rings (SSSR count). The summed E-state index contributed by atoms with van der Waals surface area (Å²) in [4.78, 5) is 30.3. The Hall–Kier alpha value is -2.62. The normalized spacial score (nSPS) is 11.2. The van der Waals surface area contributed by atoms with Crippen LogP contribution in [0.25, 0.3) is 0 Å². The van der Waals surface area contributed by atoms with Crippen molar-refractivity contribution in [1.29, 1.82) is 0 Å². The molecule has 3 aromatic rings. The van der Waals surface area contributed by atoms with Crippen molar-refractivity contribution < 1.29 is 9.52 Å². The maximum absolute atomic E-state index is 12.0. The number of nitrogens with zero attached hydrogens (tertiary/aromatic N) is 2. The molecule has 8 heteroatoms. The third kappa shape index (κ3) is 3.32. The van der Waals surface area contributed by atoms with Crippen LogP contribution in [0.3, 0.4) is 0 Å². The third-order valence-electron chi connectivity index (χ3n) is 3.29. The molecule has 0 unspecified atom stereocenters. The topological polar surface area (TPSA) is 101 Å². The van der Waals surface area contributed by atoms with Crippen molar-refractivity contribution >= 4 is 34.5 Å². The number of aromatic hydroxyl groups is 1. The van der Waals surface area contributed by atoms with E-state index in [4.69, 9.17) is 4.42 Å². The highest BCUT2D eigenvalue weighted by Crippen LogP contribution is 2.20. The minimum atomic E-state index is -0.722. The Balaban J connectivity index is 2.03.